The first-order valence-corrected chi connectivity index (χ1v) is 11.3. The number of rotatable bonds is 7. The van der Waals surface area contributed by atoms with Crippen LogP contribution in [0.5, 0.6) is 0 Å². The number of fused-ring (bicyclic) bond motifs is 2. The van der Waals surface area contributed by atoms with Crippen LogP contribution in [0.15, 0.2) is 72.8 Å². The van der Waals surface area contributed by atoms with Crippen LogP contribution in [0.25, 0.3) is 21.5 Å². The van der Waals surface area contributed by atoms with Crippen LogP contribution >= 0.6 is 0 Å². The summed E-state index contributed by atoms with van der Waals surface area (Å²) in [5, 5.41) is 12.8. The highest BCUT2D eigenvalue weighted by Crippen LogP contribution is 2.23. The number of esters is 2. The van der Waals surface area contributed by atoms with Gasteiger partial charge in [0.25, 0.3) is 0 Å². The summed E-state index contributed by atoms with van der Waals surface area (Å²) in [6, 6.07) is 23.2. The number of ether oxygens (including phenoxy) is 3. The molecule has 0 spiro atoms. The van der Waals surface area contributed by atoms with E-state index in [1.54, 1.807) is 13.2 Å². The van der Waals surface area contributed by atoms with Crippen LogP contribution in [0.3, 0.4) is 0 Å². The average molecular weight is 475 g/mol. The molecule has 0 amide bonds. The second-order valence-corrected chi connectivity index (χ2v) is 7.93. The van der Waals surface area contributed by atoms with Gasteiger partial charge >= 0.3 is 11.9 Å². The minimum atomic E-state index is -0.346. The Labute approximate surface area is 205 Å². The average Bonchev–Trinajstić information content (AvgIpc) is 2.90. The van der Waals surface area contributed by atoms with Crippen molar-refractivity contribution in [3.63, 3.8) is 0 Å². The van der Waals surface area contributed by atoms with Crippen LogP contribution in [-0.2, 0) is 27.1 Å². The van der Waals surface area contributed by atoms with Gasteiger partial charge in [0.1, 0.15) is 0 Å². The van der Waals surface area contributed by atoms with Gasteiger partial charge in [-0.3, -0.25) is 0 Å². The van der Waals surface area contributed by atoms with Gasteiger partial charge in [0.15, 0.2) is 0 Å². The van der Waals surface area contributed by atoms with Gasteiger partial charge in [0, 0.05) is 13.7 Å². The molecule has 182 valence electrons. The van der Waals surface area contributed by atoms with E-state index >= 15 is 0 Å². The third-order valence-electron chi connectivity index (χ3n) is 5.65. The Morgan fingerprint density at radius 3 is 1.57 bits per heavy atom. The summed E-state index contributed by atoms with van der Waals surface area (Å²) in [5.41, 5.74) is 3.18. The molecule has 4 aromatic rings. The molecule has 1 N–H and O–H groups in total. The molecule has 0 atom stereocenters. The fourth-order valence-corrected chi connectivity index (χ4v) is 3.94. The van der Waals surface area contributed by atoms with Crippen molar-refractivity contribution in [2.75, 3.05) is 34.5 Å². The lowest BCUT2D eigenvalue weighted by Gasteiger charge is -2.08. The van der Waals surface area contributed by atoms with E-state index in [-0.39, 0.29) is 18.5 Å². The Hall–Kier alpha value is -3.74. The van der Waals surface area contributed by atoms with Crippen molar-refractivity contribution in [1.82, 2.24) is 0 Å². The number of aliphatic hydroxyl groups is 1. The summed E-state index contributed by atoms with van der Waals surface area (Å²) >= 11 is 0. The third kappa shape index (κ3) is 6.44. The molecule has 0 radical (unpaired) electrons. The summed E-state index contributed by atoms with van der Waals surface area (Å²) in [6.45, 7) is 0.706. The highest BCUT2D eigenvalue weighted by atomic mass is 16.5. The van der Waals surface area contributed by atoms with Crippen molar-refractivity contribution in [2.45, 2.75) is 12.8 Å². The van der Waals surface area contributed by atoms with E-state index in [9.17, 15) is 9.59 Å². The molecule has 0 bridgehead atoms. The Kier molecular flexibility index (Phi) is 9.35. The molecule has 0 aliphatic carbocycles. The Bertz CT molecular complexity index is 1310. The van der Waals surface area contributed by atoms with E-state index in [0.717, 1.165) is 39.1 Å². The summed E-state index contributed by atoms with van der Waals surface area (Å²) < 4.78 is 14.7. The number of methoxy groups -OCH3 is 3. The number of carbonyl (C=O) groups is 2. The molecule has 0 aliphatic heterocycles. The molecule has 0 heterocycles. The normalized spacial score (nSPS) is 10.5. The maximum atomic E-state index is 11.8. The Balaban J connectivity index is 0.000000196. The minimum Gasteiger partial charge on any atom is -0.465 e. The molecule has 6 heteroatoms. The van der Waals surface area contributed by atoms with Crippen molar-refractivity contribution in [2.24, 2.45) is 0 Å². The molecule has 0 unspecified atom stereocenters. The van der Waals surface area contributed by atoms with Crippen molar-refractivity contribution in [3.8, 4) is 0 Å². The Morgan fingerprint density at radius 2 is 1.14 bits per heavy atom. The van der Waals surface area contributed by atoms with E-state index in [4.69, 9.17) is 19.3 Å². The second kappa shape index (κ2) is 12.6. The van der Waals surface area contributed by atoms with Gasteiger partial charge in [0.2, 0.25) is 0 Å². The molecule has 0 saturated heterocycles. The summed E-state index contributed by atoms with van der Waals surface area (Å²) in [4.78, 5) is 23.5. The highest BCUT2D eigenvalue weighted by molar-refractivity contribution is 6.05. The van der Waals surface area contributed by atoms with Gasteiger partial charge in [-0.15, -0.1) is 0 Å². The molecule has 0 aliphatic rings. The predicted octanol–water partition coefficient (Wildman–Crippen LogP) is 4.98. The van der Waals surface area contributed by atoms with Crippen LogP contribution in [-0.4, -0.2) is 51.6 Å². The van der Waals surface area contributed by atoms with Crippen molar-refractivity contribution < 1.29 is 28.9 Å². The highest BCUT2D eigenvalue weighted by Gasteiger charge is 2.12. The molecule has 6 nitrogen and oxygen atoms in total. The van der Waals surface area contributed by atoms with Crippen LogP contribution in [0.2, 0.25) is 0 Å². The third-order valence-corrected chi connectivity index (χ3v) is 5.65. The lowest BCUT2D eigenvalue weighted by Crippen LogP contribution is -2.04. The zero-order valence-corrected chi connectivity index (χ0v) is 20.2. The van der Waals surface area contributed by atoms with E-state index in [1.807, 2.05) is 60.7 Å². The van der Waals surface area contributed by atoms with Gasteiger partial charge in [0.05, 0.1) is 32.0 Å². The van der Waals surface area contributed by atoms with E-state index in [2.05, 4.69) is 6.07 Å². The Morgan fingerprint density at radius 1 is 0.686 bits per heavy atom. The van der Waals surface area contributed by atoms with Gasteiger partial charge < -0.3 is 19.3 Å². The quantitative estimate of drug-likeness (QED) is 0.381. The van der Waals surface area contributed by atoms with Crippen LogP contribution in [0.1, 0.15) is 31.8 Å². The van der Waals surface area contributed by atoms with Crippen LogP contribution < -0.4 is 0 Å². The van der Waals surface area contributed by atoms with Crippen molar-refractivity contribution in [1.29, 1.82) is 0 Å². The zero-order valence-electron chi connectivity index (χ0n) is 20.2. The summed E-state index contributed by atoms with van der Waals surface area (Å²) in [6.07, 6.45) is 1.32. The molecule has 4 rings (SSSR count). The molecular formula is C29H30O6. The number of hydrogen-bond acceptors (Lipinski definition) is 6. The number of benzene rings is 4. The SMILES string of the molecule is COC(=O)c1cc(CCO)cc2ccccc12.COCCc1cc(C(=O)OC)c2ccccc2c1. The molecule has 0 aromatic heterocycles. The van der Waals surface area contributed by atoms with E-state index < -0.39 is 0 Å². The fraction of sp³-hybridized carbons (Fsp3) is 0.241. The standard InChI is InChI=1S/C15H16O3.C14H14O3/c1-17-8-7-11-9-12-5-3-4-6-13(12)14(10-11)15(16)18-2;1-17-14(16)13-9-10(6-7-15)8-11-4-2-3-5-12(11)13/h3-6,9-10H,7-8H2,1-2H3;2-5,8-9,15H,6-7H2,1H3. The lowest BCUT2D eigenvalue weighted by molar-refractivity contribution is 0.0594. The first kappa shape index (κ1) is 25.9. The molecule has 0 saturated carbocycles. The second-order valence-electron chi connectivity index (χ2n) is 7.93. The summed E-state index contributed by atoms with van der Waals surface area (Å²) in [5.74, 6) is -0.647. The topological polar surface area (TPSA) is 82.1 Å². The smallest absolute Gasteiger partial charge is 0.338 e. The molecular weight excluding hydrogens is 444 g/mol. The molecule has 35 heavy (non-hydrogen) atoms. The monoisotopic (exact) mass is 474 g/mol. The van der Waals surface area contributed by atoms with Gasteiger partial charge in [-0.1, -0.05) is 60.7 Å². The fourth-order valence-electron chi connectivity index (χ4n) is 3.94. The first-order chi connectivity index (χ1) is 17.0. The van der Waals surface area contributed by atoms with Crippen LogP contribution in [0.4, 0.5) is 0 Å². The van der Waals surface area contributed by atoms with Crippen molar-refractivity contribution >= 4 is 33.5 Å². The van der Waals surface area contributed by atoms with Gasteiger partial charge in [-0.2, -0.15) is 0 Å². The molecule has 0 fully saturated rings. The summed E-state index contributed by atoms with van der Waals surface area (Å²) in [7, 11) is 4.44. The first-order valence-electron chi connectivity index (χ1n) is 11.3. The van der Waals surface area contributed by atoms with Crippen LogP contribution in [0, 0.1) is 0 Å². The maximum absolute atomic E-state index is 11.8. The van der Waals surface area contributed by atoms with E-state index in [0.29, 0.717) is 24.2 Å². The largest absolute Gasteiger partial charge is 0.465 e. The lowest BCUT2D eigenvalue weighted by atomic mass is 9.99. The van der Waals surface area contributed by atoms with E-state index in [1.165, 1.54) is 14.2 Å². The van der Waals surface area contributed by atoms with Gasteiger partial charge in [-0.05, 0) is 57.6 Å². The number of hydrogen-bond donors (Lipinski definition) is 1. The number of carbonyl (C=O) groups excluding carboxylic acids is 2. The maximum Gasteiger partial charge on any atom is 0.338 e. The molecule has 4 aromatic carbocycles. The van der Waals surface area contributed by atoms with Crippen molar-refractivity contribution in [3.05, 3.63) is 95.1 Å². The zero-order chi connectivity index (χ0) is 25.2. The van der Waals surface area contributed by atoms with Gasteiger partial charge in [-0.25, -0.2) is 9.59 Å². The number of aliphatic hydroxyl groups excluding tert-OH is 1. The predicted molar refractivity (Wildman–Crippen MR) is 137 cm³/mol. The minimum absolute atomic E-state index is 0.0684.